The fourth-order valence-electron chi connectivity index (χ4n) is 1.47. The Hall–Kier alpha value is -0.690. The maximum Gasteiger partial charge on any atom is 0.191 e. The monoisotopic (exact) mass is 411 g/mol. The van der Waals surface area contributed by atoms with Crippen LogP contribution in [0.25, 0.3) is 0 Å². The first-order chi connectivity index (χ1) is 9.13. The molecule has 4 nitrogen and oxygen atoms in total. The fraction of sp³-hybridized carbons (Fsp3) is 0.500. The van der Waals surface area contributed by atoms with E-state index in [1.165, 1.54) is 0 Å². The van der Waals surface area contributed by atoms with E-state index in [0.717, 1.165) is 12.5 Å². The zero-order valence-electron chi connectivity index (χ0n) is 12.1. The molecule has 0 bridgehead atoms. The average Bonchev–Trinajstić information content (AvgIpc) is 2.36. The summed E-state index contributed by atoms with van der Waals surface area (Å²) in [6, 6.07) is 7.79. The second-order valence-electron chi connectivity index (χ2n) is 4.34. The maximum atomic E-state index is 6.00. The molecule has 0 atom stereocenters. The third-order valence-electron chi connectivity index (χ3n) is 2.23. The summed E-state index contributed by atoms with van der Waals surface area (Å²) in [5.41, 5.74) is 0. The van der Waals surface area contributed by atoms with E-state index >= 15 is 0 Å². The van der Waals surface area contributed by atoms with Gasteiger partial charge < -0.3 is 15.4 Å². The van der Waals surface area contributed by atoms with Gasteiger partial charge in [0.2, 0.25) is 0 Å². The van der Waals surface area contributed by atoms with E-state index in [2.05, 4.69) is 29.5 Å². The van der Waals surface area contributed by atoms with Gasteiger partial charge in [0.15, 0.2) is 5.96 Å². The van der Waals surface area contributed by atoms with E-state index < -0.39 is 0 Å². The van der Waals surface area contributed by atoms with Crippen molar-refractivity contribution in [2.45, 2.75) is 26.8 Å². The van der Waals surface area contributed by atoms with Crippen molar-refractivity contribution < 1.29 is 4.74 Å². The van der Waals surface area contributed by atoms with Crippen molar-refractivity contribution in [3.8, 4) is 5.75 Å². The second-order valence-corrected chi connectivity index (χ2v) is 4.75. The smallest absolute Gasteiger partial charge is 0.191 e. The van der Waals surface area contributed by atoms with Crippen LogP contribution in [0.1, 0.15) is 20.8 Å². The lowest BCUT2D eigenvalue weighted by molar-refractivity contribution is 0.328. The zero-order chi connectivity index (χ0) is 14.1. The van der Waals surface area contributed by atoms with Crippen LogP contribution in [0.3, 0.4) is 0 Å². The molecular formula is C14H23ClIN3O. The van der Waals surface area contributed by atoms with E-state index in [4.69, 9.17) is 16.3 Å². The van der Waals surface area contributed by atoms with Crippen LogP contribution in [0.4, 0.5) is 0 Å². The number of hydrogen-bond acceptors (Lipinski definition) is 2. The number of halogens is 2. The Morgan fingerprint density at radius 1 is 1.35 bits per heavy atom. The lowest BCUT2D eigenvalue weighted by Gasteiger charge is -2.14. The molecule has 0 aromatic heterocycles. The van der Waals surface area contributed by atoms with Gasteiger partial charge in [-0.3, -0.25) is 0 Å². The quantitative estimate of drug-likeness (QED) is 0.327. The van der Waals surface area contributed by atoms with Crippen molar-refractivity contribution >= 4 is 41.5 Å². The zero-order valence-corrected chi connectivity index (χ0v) is 15.2. The summed E-state index contributed by atoms with van der Waals surface area (Å²) in [5.74, 6) is 1.50. The molecule has 2 N–H and O–H groups in total. The lowest BCUT2D eigenvalue weighted by atomic mass is 10.3. The van der Waals surface area contributed by atoms with E-state index in [-0.39, 0.29) is 24.0 Å². The summed E-state index contributed by atoms with van der Waals surface area (Å²) in [5, 5.41) is 7.05. The molecule has 6 heteroatoms. The first-order valence-corrected chi connectivity index (χ1v) is 6.93. The number of guanidine groups is 1. The van der Waals surface area contributed by atoms with Crippen LogP contribution in [0.2, 0.25) is 5.02 Å². The maximum absolute atomic E-state index is 6.00. The number of para-hydroxylation sites is 1. The van der Waals surface area contributed by atoms with Gasteiger partial charge in [0, 0.05) is 12.6 Å². The minimum Gasteiger partial charge on any atom is -0.490 e. The van der Waals surface area contributed by atoms with E-state index in [9.17, 15) is 0 Å². The molecule has 0 heterocycles. The van der Waals surface area contributed by atoms with Gasteiger partial charge in [-0.15, -0.1) is 24.0 Å². The highest BCUT2D eigenvalue weighted by atomic mass is 127. The average molecular weight is 412 g/mol. The number of aliphatic imine (C=N–C) groups is 1. The fourth-order valence-corrected chi connectivity index (χ4v) is 1.66. The molecule has 0 aliphatic rings. The van der Waals surface area contributed by atoms with Crippen LogP contribution in [-0.4, -0.2) is 31.7 Å². The molecule has 20 heavy (non-hydrogen) atoms. The number of rotatable bonds is 6. The molecule has 0 aliphatic carbocycles. The molecule has 0 radical (unpaired) electrons. The van der Waals surface area contributed by atoms with Crippen molar-refractivity contribution in [2.75, 3.05) is 19.7 Å². The van der Waals surface area contributed by atoms with Gasteiger partial charge in [-0.25, -0.2) is 4.99 Å². The van der Waals surface area contributed by atoms with Crippen molar-refractivity contribution in [3.05, 3.63) is 29.3 Å². The summed E-state index contributed by atoms with van der Waals surface area (Å²) in [7, 11) is 0. The number of hydrogen-bond donors (Lipinski definition) is 2. The van der Waals surface area contributed by atoms with E-state index in [1.807, 2.05) is 31.2 Å². The van der Waals surface area contributed by atoms with Gasteiger partial charge in [-0.2, -0.15) is 0 Å². The molecule has 0 unspecified atom stereocenters. The van der Waals surface area contributed by atoms with Crippen molar-refractivity contribution in [2.24, 2.45) is 4.99 Å². The summed E-state index contributed by atoms with van der Waals surface area (Å²) in [6.07, 6.45) is 0. The highest BCUT2D eigenvalue weighted by molar-refractivity contribution is 14.0. The Bertz CT molecular complexity index is 413. The van der Waals surface area contributed by atoms with Crippen LogP contribution >= 0.6 is 35.6 Å². The topological polar surface area (TPSA) is 45.7 Å². The first-order valence-electron chi connectivity index (χ1n) is 6.55. The standard InChI is InChI=1S/C14H22ClN3O.HI/c1-4-16-14(18-11(2)3)17-9-10-19-13-8-6-5-7-12(13)15;/h5-8,11H,4,9-10H2,1-3H3,(H2,16,17,18);1H. The van der Waals surface area contributed by atoms with Gasteiger partial charge >= 0.3 is 0 Å². The van der Waals surface area contributed by atoms with E-state index in [1.54, 1.807) is 0 Å². The summed E-state index contributed by atoms with van der Waals surface area (Å²) < 4.78 is 5.58. The van der Waals surface area contributed by atoms with Gasteiger partial charge in [-0.1, -0.05) is 23.7 Å². The molecular weight excluding hydrogens is 389 g/mol. The highest BCUT2D eigenvalue weighted by Crippen LogP contribution is 2.22. The highest BCUT2D eigenvalue weighted by Gasteiger charge is 2.00. The van der Waals surface area contributed by atoms with Crippen LogP contribution in [0.15, 0.2) is 29.3 Å². The Labute approximate surface area is 143 Å². The predicted molar refractivity (Wildman–Crippen MR) is 96.6 cm³/mol. The van der Waals surface area contributed by atoms with Crippen molar-refractivity contribution in [1.82, 2.24) is 10.6 Å². The number of nitrogens with zero attached hydrogens (tertiary/aromatic N) is 1. The van der Waals surface area contributed by atoms with Gasteiger partial charge in [-0.05, 0) is 32.9 Å². The molecule has 0 fully saturated rings. The molecule has 1 aromatic rings. The summed E-state index contributed by atoms with van der Waals surface area (Å²) >= 11 is 6.00. The van der Waals surface area contributed by atoms with Gasteiger partial charge in [0.05, 0.1) is 11.6 Å². The summed E-state index contributed by atoms with van der Waals surface area (Å²) in [6.45, 7) is 8.10. The summed E-state index contributed by atoms with van der Waals surface area (Å²) in [4.78, 5) is 4.42. The van der Waals surface area contributed by atoms with Crippen LogP contribution < -0.4 is 15.4 Å². The number of ether oxygens (including phenoxy) is 1. The normalized spacial score (nSPS) is 10.9. The van der Waals surface area contributed by atoms with Crippen molar-refractivity contribution in [3.63, 3.8) is 0 Å². The van der Waals surface area contributed by atoms with Crippen LogP contribution in [-0.2, 0) is 0 Å². The van der Waals surface area contributed by atoms with Crippen LogP contribution in [0.5, 0.6) is 5.75 Å². The molecule has 1 rings (SSSR count). The lowest BCUT2D eigenvalue weighted by Crippen LogP contribution is -2.41. The number of benzene rings is 1. The largest absolute Gasteiger partial charge is 0.490 e. The first kappa shape index (κ1) is 19.3. The molecule has 0 spiro atoms. The second kappa shape index (κ2) is 11.0. The van der Waals surface area contributed by atoms with E-state index in [0.29, 0.717) is 30.0 Å². The van der Waals surface area contributed by atoms with Crippen molar-refractivity contribution in [1.29, 1.82) is 0 Å². The molecule has 1 aromatic carbocycles. The third kappa shape index (κ3) is 7.79. The Morgan fingerprint density at radius 2 is 2.05 bits per heavy atom. The molecule has 0 saturated carbocycles. The minimum absolute atomic E-state index is 0. The molecule has 0 aliphatic heterocycles. The van der Waals surface area contributed by atoms with Gasteiger partial charge in [0.1, 0.15) is 12.4 Å². The van der Waals surface area contributed by atoms with Gasteiger partial charge in [0.25, 0.3) is 0 Å². The molecule has 114 valence electrons. The Morgan fingerprint density at radius 3 is 2.65 bits per heavy atom. The molecule has 0 amide bonds. The predicted octanol–water partition coefficient (Wildman–Crippen LogP) is 3.30. The Kier molecular flexibility index (Phi) is 10.6. The minimum atomic E-state index is 0. The number of nitrogens with one attached hydrogen (secondary N) is 2. The third-order valence-corrected chi connectivity index (χ3v) is 2.54. The van der Waals surface area contributed by atoms with Crippen LogP contribution in [0, 0.1) is 0 Å². The Balaban J connectivity index is 0.00000361. The SMILES string of the molecule is CCNC(=NCCOc1ccccc1Cl)NC(C)C.I. The molecule has 0 saturated heterocycles.